The van der Waals surface area contributed by atoms with Gasteiger partial charge in [0.1, 0.15) is 5.76 Å². The molecule has 104 valence electrons. The minimum atomic E-state index is -0.769. The molecule has 1 fully saturated rings. The van der Waals surface area contributed by atoms with E-state index in [9.17, 15) is 9.59 Å². The summed E-state index contributed by atoms with van der Waals surface area (Å²) in [5.74, 6) is 0.152. The van der Waals surface area contributed by atoms with Gasteiger partial charge in [-0.05, 0) is 38.2 Å². The van der Waals surface area contributed by atoms with Gasteiger partial charge < -0.3 is 14.4 Å². The van der Waals surface area contributed by atoms with E-state index in [2.05, 4.69) is 0 Å². The first-order valence-electron chi connectivity index (χ1n) is 6.63. The number of piperidine rings is 1. The first-order chi connectivity index (χ1) is 9.08. The maximum Gasteiger partial charge on any atom is 0.303 e. The number of hydrogen-bond acceptors (Lipinski definition) is 3. The highest BCUT2D eigenvalue weighted by atomic mass is 16.4. The number of furan rings is 1. The predicted octanol–water partition coefficient (Wildman–Crippen LogP) is 2.31. The summed E-state index contributed by atoms with van der Waals surface area (Å²) in [7, 11) is 0. The number of nitrogens with zero attached hydrogens (tertiary/aromatic N) is 1. The molecule has 1 atom stereocenters. The average Bonchev–Trinajstić information content (AvgIpc) is 2.82. The molecule has 1 aromatic heterocycles. The molecule has 0 unspecified atom stereocenters. The molecule has 1 aliphatic heterocycles. The van der Waals surface area contributed by atoms with Crippen molar-refractivity contribution in [1.29, 1.82) is 0 Å². The highest BCUT2D eigenvalue weighted by Crippen LogP contribution is 2.23. The number of hydrogen-bond donors (Lipinski definition) is 1. The minimum Gasteiger partial charge on any atom is -0.481 e. The van der Waals surface area contributed by atoms with Gasteiger partial charge in [0.25, 0.3) is 5.91 Å². The third kappa shape index (κ3) is 3.36. The predicted molar refractivity (Wildman–Crippen MR) is 68.9 cm³/mol. The van der Waals surface area contributed by atoms with Crippen LogP contribution in [0.5, 0.6) is 0 Å². The van der Waals surface area contributed by atoms with Crippen molar-refractivity contribution in [2.45, 2.75) is 32.6 Å². The van der Waals surface area contributed by atoms with Gasteiger partial charge in [0.15, 0.2) is 0 Å². The minimum absolute atomic E-state index is 0.00808. The summed E-state index contributed by atoms with van der Waals surface area (Å²) < 4.78 is 5.16. The Balaban J connectivity index is 1.95. The molecule has 0 spiro atoms. The fourth-order valence-corrected chi connectivity index (χ4v) is 2.59. The third-order valence-corrected chi connectivity index (χ3v) is 3.66. The van der Waals surface area contributed by atoms with Crippen LogP contribution in [-0.2, 0) is 4.79 Å². The topological polar surface area (TPSA) is 70.8 Å². The molecule has 2 heterocycles. The van der Waals surface area contributed by atoms with Crippen LogP contribution in [-0.4, -0.2) is 35.0 Å². The van der Waals surface area contributed by atoms with E-state index in [1.165, 1.54) is 6.26 Å². The molecule has 1 N–H and O–H groups in total. The maximum atomic E-state index is 12.3. The smallest absolute Gasteiger partial charge is 0.303 e. The summed E-state index contributed by atoms with van der Waals surface area (Å²) in [5, 5.41) is 8.71. The molecule has 0 aliphatic carbocycles. The summed E-state index contributed by atoms with van der Waals surface area (Å²) in [6.07, 6.45) is 4.28. The SMILES string of the molecule is Cc1occc1C(=O)N1CCC[C@@H](CCC(=O)O)C1. The molecule has 0 radical (unpaired) electrons. The summed E-state index contributed by atoms with van der Waals surface area (Å²) in [4.78, 5) is 24.7. The molecule has 0 bridgehead atoms. The van der Waals surface area contributed by atoms with Gasteiger partial charge in [-0.3, -0.25) is 9.59 Å². The van der Waals surface area contributed by atoms with E-state index in [1.54, 1.807) is 13.0 Å². The number of amides is 1. The largest absolute Gasteiger partial charge is 0.481 e. The van der Waals surface area contributed by atoms with Crippen molar-refractivity contribution < 1.29 is 19.1 Å². The number of likely N-dealkylation sites (tertiary alicyclic amines) is 1. The Morgan fingerprint density at radius 1 is 1.53 bits per heavy atom. The Morgan fingerprint density at radius 2 is 2.32 bits per heavy atom. The van der Waals surface area contributed by atoms with Crippen LogP contribution in [0.2, 0.25) is 0 Å². The normalized spacial score (nSPS) is 19.4. The van der Waals surface area contributed by atoms with Crippen molar-refractivity contribution in [3.63, 3.8) is 0 Å². The number of aryl methyl sites for hydroxylation is 1. The third-order valence-electron chi connectivity index (χ3n) is 3.66. The van der Waals surface area contributed by atoms with Crippen LogP contribution >= 0.6 is 0 Å². The monoisotopic (exact) mass is 265 g/mol. The van der Waals surface area contributed by atoms with E-state index in [0.717, 1.165) is 19.4 Å². The summed E-state index contributed by atoms with van der Waals surface area (Å²) in [5.41, 5.74) is 0.610. The van der Waals surface area contributed by atoms with Crippen LogP contribution in [0.3, 0.4) is 0 Å². The highest BCUT2D eigenvalue weighted by molar-refractivity contribution is 5.95. The van der Waals surface area contributed by atoms with Crippen molar-refractivity contribution in [3.8, 4) is 0 Å². The van der Waals surface area contributed by atoms with Gasteiger partial charge in [0.05, 0.1) is 11.8 Å². The molecule has 1 saturated heterocycles. The molecule has 0 aromatic carbocycles. The van der Waals surface area contributed by atoms with Crippen molar-refractivity contribution in [1.82, 2.24) is 4.90 Å². The van der Waals surface area contributed by atoms with E-state index in [1.807, 2.05) is 4.90 Å². The zero-order chi connectivity index (χ0) is 13.8. The van der Waals surface area contributed by atoms with Gasteiger partial charge in [0, 0.05) is 19.5 Å². The number of carboxylic acids is 1. The number of carbonyl (C=O) groups is 2. The van der Waals surface area contributed by atoms with Crippen LogP contribution < -0.4 is 0 Å². The van der Waals surface area contributed by atoms with Crippen LogP contribution in [0.4, 0.5) is 0 Å². The molecule has 1 aliphatic rings. The van der Waals surface area contributed by atoms with Gasteiger partial charge in [-0.15, -0.1) is 0 Å². The average molecular weight is 265 g/mol. The van der Waals surface area contributed by atoms with Crippen molar-refractivity contribution >= 4 is 11.9 Å². The first kappa shape index (κ1) is 13.6. The first-order valence-corrected chi connectivity index (χ1v) is 6.63. The quantitative estimate of drug-likeness (QED) is 0.906. The molecule has 2 rings (SSSR count). The van der Waals surface area contributed by atoms with E-state index in [4.69, 9.17) is 9.52 Å². The molecular formula is C14H19NO4. The summed E-state index contributed by atoms with van der Waals surface area (Å²) in [6.45, 7) is 3.17. The second-order valence-electron chi connectivity index (χ2n) is 5.08. The van der Waals surface area contributed by atoms with Crippen LogP contribution in [0, 0.1) is 12.8 Å². The maximum absolute atomic E-state index is 12.3. The Kier molecular flexibility index (Phi) is 4.24. The number of carbonyl (C=O) groups excluding carboxylic acids is 1. The lowest BCUT2D eigenvalue weighted by Gasteiger charge is -2.32. The molecule has 5 heteroatoms. The van der Waals surface area contributed by atoms with E-state index in [0.29, 0.717) is 30.2 Å². The number of aliphatic carboxylic acids is 1. The zero-order valence-electron chi connectivity index (χ0n) is 11.1. The molecule has 1 aromatic rings. The highest BCUT2D eigenvalue weighted by Gasteiger charge is 2.26. The number of carboxylic acid groups (broad SMARTS) is 1. The Bertz CT molecular complexity index is 466. The molecule has 5 nitrogen and oxygen atoms in total. The second kappa shape index (κ2) is 5.91. The van der Waals surface area contributed by atoms with Crippen LogP contribution in [0.1, 0.15) is 41.8 Å². The van der Waals surface area contributed by atoms with Gasteiger partial charge in [-0.25, -0.2) is 0 Å². The van der Waals surface area contributed by atoms with Crippen molar-refractivity contribution in [2.24, 2.45) is 5.92 Å². The van der Waals surface area contributed by atoms with E-state index < -0.39 is 5.97 Å². The lowest BCUT2D eigenvalue weighted by molar-refractivity contribution is -0.137. The van der Waals surface area contributed by atoms with E-state index >= 15 is 0 Å². The molecule has 0 saturated carbocycles. The molecular weight excluding hydrogens is 246 g/mol. The fraction of sp³-hybridized carbons (Fsp3) is 0.571. The van der Waals surface area contributed by atoms with Gasteiger partial charge >= 0.3 is 5.97 Å². The van der Waals surface area contributed by atoms with Gasteiger partial charge in [-0.2, -0.15) is 0 Å². The summed E-state index contributed by atoms with van der Waals surface area (Å²) >= 11 is 0. The van der Waals surface area contributed by atoms with Crippen LogP contribution in [0.25, 0.3) is 0 Å². The molecule has 19 heavy (non-hydrogen) atoms. The second-order valence-corrected chi connectivity index (χ2v) is 5.08. The van der Waals surface area contributed by atoms with Crippen molar-refractivity contribution in [3.05, 3.63) is 23.7 Å². The van der Waals surface area contributed by atoms with Gasteiger partial charge in [0.2, 0.25) is 0 Å². The summed E-state index contributed by atoms with van der Waals surface area (Å²) in [6, 6.07) is 1.69. The number of rotatable bonds is 4. The Morgan fingerprint density at radius 3 is 2.95 bits per heavy atom. The fourth-order valence-electron chi connectivity index (χ4n) is 2.59. The van der Waals surface area contributed by atoms with E-state index in [-0.39, 0.29) is 12.3 Å². The Hall–Kier alpha value is -1.78. The van der Waals surface area contributed by atoms with Crippen molar-refractivity contribution in [2.75, 3.05) is 13.1 Å². The lowest BCUT2D eigenvalue weighted by atomic mass is 9.93. The van der Waals surface area contributed by atoms with Crippen LogP contribution in [0.15, 0.2) is 16.7 Å². The lowest BCUT2D eigenvalue weighted by Crippen LogP contribution is -2.40. The molecule has 1 amide bonds. The standard InChI is InChI=1S/C14H19NO4/c1-10-12(6-8-19-10)14(18)15-7-2-3-11(9-15)4-5-13(16)17/h6,8,11H,2-5,7,9H2,1H3,(H,16,17)/t11-/m0/s1. The van der Waals surface area contributed by atoms with Gasteiger partial charge in [-0.1, -0.05) is 0 Å². The zero-order valence-corrected chi connectivity index (χ0v) is 11.1. The Labute approximate surface area is 112 Å².